The molecule has 114 valence electrons. The van der Waals surface area contributed by atoms with E-state index in [0.29, 0.717) is 38.7 Å². The zero-order valence-corrected chi connectivity index (χ0v) is 12.3. The van der Waals surface area contributed by atoms with Crippen LogP contribution < -0.4 is 5.23 Å². The van der Waals surface area contributed by atoms with Crippen molar-refractivity contribution in [2.24, 2.45) is 0 Å². The first-order valence-corrected chi connectivity index (χ1v) is 6.63. The van der Waals surface area contributed by atoms with Crippen LogP contribution in [0.25, 0.3) is 0 Å². The third-order valence-electron chi connectivity index (χ3n) is 2.43. The molecule has 0 fully saturated rings. The van der Waals surface area contributed by atoms with Gasteiger partial charge in [-0.1, -0.05) is 0 Å². The van der Waals surface area contributed by atoms with Crippen molar-refractivity contribution in [1.29, 1.82) is 5.41 Å². The van der Waals surface area contributed by atoms with Crippen LogP contribution in [-0.2, 0) is 0 Å². The van der Waals surface area contributed by atoms with Crippen LogP contribution in [0.2, 0.25) is 0 Å². The van der Waals surface area contributed by atoms with Crippen LogP contribution in [-0.4, -0.2) is 50.8 Å². The summed E-state index contributed by atoms with van der Waals surface area (Å²) in [7, 11) is 2.62. The third kappa shape index (κ3) is 10.8. The van der Waals surface area contributed by atoms with Gasteiger partial charge in [-0.3, -0.25) is 0 Å². The molecule has 1 atom stereocenters. The SMILES string of the molecule is CC(=N)CN(C)CBNCC/C=C(F)\C(F)=C/C(C)F. The minimum Gasteiger partial charge on any atom is -0.358 e. The van der Waals surface area contributed by atoms with E-state index in [1.807, 2.05) is 11.9 Å². The van der Waals surface area contributed by atoms with Crippen LogP contribution in [0.4, 0.5) is 13.2 Å². The summed E-state index contributed by atoms with van der Waals surface area (Å²) in [5, 5.41) is 10.4. The average Bonchev–Trinajstić information content (AvgIpc) is 2.31. The number of rotatable bonds is 10. The average molecular weight is 289 g/mol. The molecule has 0 heterocycles. The second-order valence-electron chi connectivity index (χ2n) is 4.80. The van der Waals surface area contributed by atoms with Gasteiger partial charge in [-0.05, 0) is 52.5 Å². The lowest BCUT2D eigenvalue weighted by Crippen LogP contribution is -2.35. The van der Waals surface area contributed by atoms with Gasteiger partial charge in [0.25, 0.3) is 0 Å². The fourth-order valence-electron chi connectivity index (χ4n) is 1.56. The fourth-order valence-corrected chi connectivity index (χ4v) is 1.56. The predicted molar refractivity (Wildman–Crippen MR) is 79.6 cm³/mol. The summed E-state index contributed by atoms with van der Waals surface area (Å²) in [4.78, 5) is 2.00. The van der Waals surface area contributed by atoms with Gasteiger partial charge in [0, 0.05) is 12.3 Å². The van der Waals surface area contributed by atoms with Crippen LogP contribution in [0.15, 0.2) is 23.8 Å². The first kappa shape index (κ1) is 18.9. The van der Waals surface area contributed by atoms with Crippen LogP contribution in [0.5, 0.6) is 0 Å². The maximum absolute atomic E-state index is 13.1. The summed E-state index contributed by atoms with van der Waals surface area (Å²) < 4.78 is 38.5. The van der Waals surface area contributed by atoms with Crippen molar-refractivity contribution in [3.05, 3.63) is 23.8 Å². The van der Waals surface area contributed by atoms with E-state index in [-0.39, 0.29) is 0 Å². The van der Waals surface area contributed by atoms with Gasteiger partial charge < -0.3 is 15.5 Å². The Kier molecular flexibility index (Phi) is 10.1. The molecule has 0 saturated carbocycles. The highest BCUT2D eigenvalue weighted by atomic mass is 19.2. The van der Waals surface area contributed by atoms with Crippen LogP contribution in [0, 0.1) is 5.41 Å². The smallest absolute Gasteiger partial charge is 0.215 e. The number of hydrogen-bond donors (Lipinski definition) is 2. The van der Waals surface area contributed by atoms with Crippen molar-refractivity contribution < 1.29 is 13.2 Å². The molecule has 0 aliphatic heterocycles. The largest absolute Gasteiger partial charge is 0.358 e. The van der Waals surface area contributed by atoms with E-state index in [9.17, 15) is 13.2 Å². The van der Waals surface area contributed by atoms with Crippen LogP contribution >= 0.6 is 0 Å². The molecule has 1 unspecified atom stereocenters. The number of nitrogens with one attached hydrogen (secondary N) is 2. The quantitative estimate of drug-likeness (QED) is 0.280. The molecule has 0 bridgehead atoms. The highest BCUT2D eigenvalue weighted by molar-refractivity contribution is 6.32. The number of hydrogen-bond acceptors (Lipinski definition) is 3. The van der Waals surface area contributed by atoms with E-state index >= 15 is 0 Å². The summed E-state index contributed by atoms with van der Waals surface area (Å²) in [6.45, 7) is 4.02. The zero-order valence-electron chi connectivity index (χ0n) is 12.3. The van der Waals surface area contributed by atoms with Crippen molar-refractivity contribution in [3.8, 4) is 0 Å². The lowest BCUT2D eigenvalue weighted by Gasteiger charge is -2.14. The van der Waals surface area contributed by atoms with E-state index < -0.39 is 17.8 Å². The summed E-state index contributed by atoms with van der Waals surface area (Å²) >= 11 is 0. The van der Waals surface area contributed by atoms with Gasteiger partial charge in [0.15, 0.2) is 11.7 Å². The molecular formula is C13H23BF3N3. The van der Waals surface area contributed by atoms with Crippen molar-refractivity contribution in [3.63, 3.8) is 0 Å². The minimum absolute atomic E-state index is 0.334. The van der Waals surface area contributed by atoms with Gasteiger partial charge in [-0.2, -0.15) is 0 Å². The molecule has 2 N–H and O–H groups in total. The molecule has 20 heavy (non-hydrogen) atoms. The van der Waals surface area contributed by atoms with Crippen LogP contribution in [0.1, 0.15) is 20.3 Å². The van der Waals surface area contributed by atoms with Gasteiger partial charge in [0.1, 0.15) is 6.17 Å². The molecule has 0 radical (unpaired) electrons. The number of allylic oxidation sites excluding steroid dienone is 3. The van der Waals surface area contributed by atoms with Crippen LogP contribution in [0.3, 0.4) is 0 Å². The Morgan fingerprint density at radius 3 is 2.60 bits per heavy atom. The Morgan fingerprint density at radius 2 is 2.05 bits per heavy atom. The van der Waals surface area contributed by atoms with Crippen molar-refractivity contribution in [2.45, 2.75) is 26.4 Å². The zero-order chi connectivity index (χ0) is 15.5. The molecule has 0 aromatic carbocycles. The molecule has 0 spiro atoms. The van der Waals surface area contributed by atoms with Gasteiger partial charge in [-0.15, -0.1) is 0 Å². The Bertz CT molecular complexity index is 357. The summed E-state index contributed by atoms with van der Waals surface area (Å²) in [6, 6.07) is 0. The van der Waals surface area contributed by atoms with E-state index in [4.69, 9.17) is 5.41 Å². The highest BCUT2D eigenvalue weighted by Crippen LogP contribution is 2.15. The predicted octanol–water partition coefficient (Wildman–Crippen LogP) is 2.31. The summed E-state index contributed by atoms with van der Waals surface area (Å²) in [5.41, 5.74) is 0.599. The van der Waals surface area contributed by atoms with E-state index in [2.05, 4.69) is 5.23 Å². The highest BCUT2D eigenvalue weighted by Gasteiger charge is 2.05. The molecule has 0 saturated heterocycles. The molecule has 0 aromatic rings. The van der Waals surface area contributed by atoms with Gasteiger partial charge in [-0.25, -0.2) is 13.2 Å². The van der Waals surface area contributed by atoms with Crippen molar-refractivity contribution in [1.82, 2.24) is 10.1 Å². The number of nitrogens with zero attached hydrogens (tertiary/aromatic N) is 1. The lowest BCUT2D eigenvalue weighted by molar-refractivity contribution is 0.418. The second-order valence-corrected chi connectivity index (χ2v) is 4.80. The Morgan fingerprint density at radius 1 is 1.40 bits per heavy atom. The summed E-state index contributed by atoms with van der Waals surface area (Å²) in [6.07, 6.45) is 1.32. The molecule has 0 amide bonds. The lowest BCUT2D eigenvalue weighted by atomic mass is 9.94. The van der Waals surface area contributed by atoms with Gasteiger partial charge in [0.05, 0.1) is 0 Å². The molecule has 0 rings (SSSR count). The standard InChI is InChI=1S/C13H23BF3N3/c1-10(15)7-13(17)12(16)5-4-6-19-14-9-20(3)8-11(2)18/h5,7,10,14,18-19H,4,6,8-9H2,1-3H3/b12-5+,13-7+,18-11?. The summed E-state index contributed by atoms with van der Waals surface area (Å²) in [5.74, 6) is -2.17. The van der Waals surface area contributed by atoms with E-state index in [1.165, 1.54) is 0 Å². The van der Waals surface area contributed by atoms with E-state index in [1.54, 1.807) is 6.92 Å². The fraction of sp³-hybridized carbons (Fsp3) is 0.615. The van der Waals surface area contributed by atoms with E-state index in [0.717, 1.165) is 19.4 Å². The first-order chi connectivity index (χ1) is 9.32. The van der Waals surface area contributed by atoms with Gasteiger partial charge in [0.2, 0.25) is 7.41 Å². The third-order valence-corrected chi connectivity index (χ3v) is 2.43. The van der Waals surface area contributed by atoms with Crippen molar-refractivity contribution in [2.75, 3.05) is 26.6 Å². The monoisotopic (exact) mass is 289 g/mol. The van der Waals surface area contributed by atoms with Gasteiger partial charge >= 0.3 is 0 Å². The first-order valence-electron chi connectivity index (χ1n) is 6.63. The molecule has 0 aliphatic rings. The Hall–Kier alpha value is -1.08. The molecule has 3 nitrogen and oxygen atoms in total. The maximum atomic E-state index is 13.1. The molecular weight excluding hydrogens is 266 g/mol. The Balaban J connectivity index is 3.78. The normalized spacial score (nSPS) is 14.6. The Labute approximate surface area is 119 Å². The number of alkyl halides is 1. The maximum Gasteiger partial charge on any atom is 0.215 e. The molecule has 7 heteroatoms. The molecule has 0 aromatic heterocycles. The second kappa shape index (κ2) is 10.7. The minimum atomic E-state index is -1.50. The van der Waals surface area contributed by atoms with Crippen molar-refractivity contribution >= 4 is 13.1 Å². The molecule has 0 aliphatic carbocycles. The topological polar surface area (TPSA) is 39.1 Å². The number of halogens is 3.